The van der Waals surface area contributed by atoms with Gasteiger partial charge in [-0.25, -0.2) is 12.7 Å². The van der Waals surface area contributed by atoms with Gasteiger partial charge in [0.1, 0.15) is 10.9 Å². The van der Waals surface area contributed by atoms with Gasteiger partial charge < -0.3 is 5.32 Å². The normalized spacial score (nSPS) is 16.4. The second-order valence-electron chi connectivity index (χ2n) is 5.39. The van der Waals surface area contributed by atoms with Gasteiger partial charge >= 0.3 is 0 Å². The van der Waals surface area contributed by atoms with Gasteiger partial charge in [-0.1, -0.05) is 35.3 Å². The molecule has 6 nitrogen and oxygen atoms in total. The Bertz CT molecular complexity index is 991. The zero-order valence-corrected chi connectivity index (χ0v) is 15.2. The van der Waals surface area contributed by atoms with Gasteiger partial charge in [0.15, 0.2) is 0 Å². The van der Waals surface area contributed by atoms with Crippen LogP contribution in [0.15, 0.2) is 47.4 Å². The van der Waals surface area contributed by atoms with E-state index in [1.807, 2.05) is 0 Å². The van der Waals surface area contributed by atoms with Crippen molar-refractivity contribution in [3.8, 4) is 0 Å². The molecule has 1 heterocycles. The summed E-state index contributed by atoms with van der Waals surface area (Å²) in [6.45, 7) is 1.33. The fourth-order valence-electron chi connectivity index (χ4n) is 2.52. The smallest absolute Gasteiger partial charge is 0.269 e. The maximum atomic E-state index is 12.6. The fraction of sp³-hybridized carbons (Fsp3) is 0.125. The summed E-state index contributed by atoms with van der Waals surface area (Å²) in [5, 5.41) is 3.10. The van der Waals surface area contributed by atoms with Crippen molar-refractivity contribution in [3.63, 3.8) is 0 Å². The van der Waals surface area contributed by atoms with Crippen molar-refractivity contribution in [3.05, 3.63) is 58.1 Å². The Morgan fingerprint density at radius 2 is 1.84 bits per heavy atom. The minimum Gasteiger partial charge on any atom is -0.323 e. The molecule has 0 saturated carbocycles. The molecular weight excluding hydrogens is 387 g/mol. The number of amides is 2. The average Bonchev–Trinajstić information content (AvgIpc) is 2.76. The predicted octanol–water partition coefficient (Wildman–Crippen LogP) is 3.17. The van der Waals surface area contributed by atoms with Gasteiger partial charge in [-0.2, -0.15) is 0 Å². The topological polar surface area (TPSA) is 83.6 Å². The Balaban J connectivity index is 1.89. The van der Waals surface area contributed by atoms with E-state index in [0.717, 1.165) is 0 Å². The van der Waals surface area contributed by atoms with Gasteiger partial charge in [0.25, 0.3) is 15.9 Å². The molecule has 9 heteroatoms. The predicted molar refractivity (Wildman–Crippen MR) is 94.4 cm³/mol. The summed E-state index contributed by atoms with van der Waals surface area (Å²) in [4.78, 5) is 24.8. The first-order valence-corrected chi connectivity index (χ1v) is 9.37. The van der Waals surface area contributed by atoms with Crippen LogP contribution in [0.2, 0.25) is 10.0 Å². The number of fused-ring (bicyclic) bond motifs is 1. The number of nitrogens with one attached hydrogen (secondary N) is 1. The zero-order chi connectivity index (χ0) is 18.4. The Labute approximate surface area is 154 Å². The van der Waals surface area contributed by atoms with E-state index in [9.17, 15) is 18.0 Å². The molecule has 0 aliphatic carbocycles. The van der Waals surface area contributed by atoms with Crippen molar-refractivity contribution in [1.82, 2.24) is 4.31 Å². The number of hydrogen-bond donors (Lipinski definition) is 1. The van der Waals surface area contributed by atoms with Crippen LogP contribution in [0.25, 0.3) is 0 Å². The molecule has 1 N–H and O–H groups in total. The summed E-state index contributed by atoms with van der Waals surface area (Å²) in [5.41, 5.74) is 0.316. The summed E-state index contributed by atoms with van der Waals surface area (Å²) >= 11 is 11.8. The molecule has 130 valence electrons. The summed E-state index contributed by atoms with van der Waals surface area (Å²) in [6, 6.07) is 9.04. The van der Waals surface area contributed by atoms with Crippen LogP contribution in [0, 0.1) is 0 Å². The van der Waals surface area contributed by atoms with Crippen LogP contribution in [0.5, 0.6) is 0 Å². The number of hydrogen-bond acceptors (Lipinski definition) is 4. The lowest BCUT2D eigenvalue weighted by atomic mass is 10.2. The molecule has 2 amide bonds. The highest BCUT2D eigenvalue weighted by molar-refractivity contribution is 7.90. The second kappa shape index (κ2) is 6.33. The highest BCUT2D eigenvalue weighted by atomic mass is 35.5. The molecule has 0 spiro atoms. The molecule has 0 bridgehead atoms. The molecule has 0 unspecified atom stereocenters. The molecule has 0 fully saturated rings. The Morgan fingerprint density at radius 3 is 2.48 bits per heavy atom. The van der Waals surface area contributed by atoms with E-state index in [0.29, 0.717) is 9.33 Å². The van der Waals surface area contributed by atoms with Gasteiger partial charge in [0.05, 0.1) is 16.3 Å². The SMILES string of the molecule is C[C@H](C(=O)Nc1ccc(Cl)cc1Cl)N1C(=O)c2ccccc2S1(=O)=O. The molecule has 2 aromatic carbocycles. The van der Waals surface area contributed by atoms with Gasteiger partial charge in [-0.05, 0) is 37.3 Å². The summed E-state index contributed by atoms with van der Waals surface area (Å²) in [6.07, 6.45) is 0. The van der Waals surface area contributed by atoms with E-state index in [1.54, 1.807) is 6.07 Å². The third-order valence-electron chi connectivity index (χ3n) is 3.77. The summed E-state index contributed by atoms with van der Waals surface area (Å²) in [5.74, 6) is -1.42. The number of benzene rings is 2. The lowest BCUT2D eigenvalue weighted by Gasteiger charge is -2.22. The molecule has 1 aliphatic rings. The molecule has 3 rings (SSSR count). The Hall–Kier alpha value is -2.09. The van der Waals surface area contributed by atoms with Crippen molar-refractivity contribution in [2.75, 3.05) is 5.32 Å². The van der Waals surface area contributed by atoms with Crippen LogP contribution >= 0.6 is 23.2 Å². The van der Waals surface area contributed by atoms with Gasteiger partial charge in [0.2, 0.25) is 5.91 Å². The molecule has 0 radical (unpaired) electrons. The monoisotopic (exact) mass is 398 g/mol. The number of anilines is 1. The van der Waals surface area contributed by atoms with E-state index in [4.69, 9.17) is 23.2 Å². The molecular formula is C16H12Cl2N2O4S. The molecule has 0 aromatic heterocycles. The summed E-state index contributed by atoms with van der Waals surface area (Å²) in [7, 11) is -4.08. The lowest BCUT2D eigenvalue weighted by molar-refractivity contribution is -0.118. The van der Waals surface area contributed by atoms with Crippen LogP contribution in [-0.2, 0) is 14.8 Å². The summed E-state index contributed by atoms with van der Waals surface area (Å²) < 4.78 is 25.8. The highest BCUT2D eigenvalue weighted by Gasteiger charge is 2.45. The van der Waals surface area contributed by atoms with Crippen molar-refractivity contribution < 1.29 is 18.0 Å². The van der Waals surface area contributed by atoms with Crippen LogP contribution in [-0.4, -0.2) is 30.6 Å². The van der Waals surface area contributed by atoms with Crippen LogP contribution < -0.4 is 5.32 Å². The lowest BCUT2D eigenvalue weighted by Crippen LogP contribution is -2.45. The molecule has 25 heavy (non-hydrogen) atoms. The fourth-order valence-corrected chi connectivity index (χ4v) is 4.70. The molecule has 1 atom stereocenters. The Kier molecular flexibility index (Phi) is 4.49. The minimum atomic E-state index is -4.08. The van der Waals surface area contributed by atoms with Crippen molar-refractivity contribution in [1.29, 1.82) is 0 Å². The van der Waals surface area contributed by atoms with Crippen molar-refractivity contribution >= 4 is 50.7 Å². The van der Waals surface area contributed by atoms with E-state index in [-0.39, 0.29) is 21.2 Å². The van der Waals surface area contributed by atoms with Crippen molar-refractivity contribution in [2.45, 2.75) is 17.9 Å². The van der Waals surface area contributed by atoms with Gasteiger partial charge in [-0.15, -0.1) is 0 Å². The number of carbonyl (C=O) groups excluding carboxylic acids is 2. The van der Waals surface area contributed by atoms with E-state index >= 15 is 0 Å². The molecule has 0 saturated heterocycles. The average molecular weight is 399 g/mol. The van der Waals surface area contributed by atoms with Gasteiger partial charge in [-0.3, -0.25) is 9.59 Å². The zero-order valence-electron chi connectivity index (χ0n) is 12.9. The molecule has 1 aliphatic heterocycles. The number of rotatable bonds is 3. The van der Waals surface area contributed by atoms with E-state index in [1.165, 1.54) is 43.3 Å². The Morgan fingerprint density at radius 1 is 1.16 bits per heavy atom. The number of nitrogens with zero attached hydrogens (tertiary/aromatic N) is 1. The van der Waals surface area contributed by atoms with Crippen LogP contribution in [0.4, 0.5) is 5.69 Å². The maximum absolute atomic E-state index is 12.6. The van der Waals surface area contributed by atoms with E-state index < -0.39 is 27.9 Å². The van der Waals surface area contributed by atoms with Gasteiger partial charge in [0, 0.05) is 5.02 Å². The van der Waals surface area contributed by atoms with E-state index in [2.05, 4.69) is 5.32 Å². The number of carbonyl (C=O) groups is 2. The highest BCUT2D eigenvalue weighted by Crippen LogP contribution is 2.32. The largest absolute Gasteiger partial charge is 0.323 e. The third-order valence-corrected chi connectivity index (χ3v) is 6.23. The number of halogens is 2. The van der Waals surface area contributed by atoms with Crippen LogP contribution in [0.1, 0.15) is 17.3 Å². The third kappa shape index (κ3) is 2.99. The maximum Gasteiger partial charge on any atom is 0.269 e. The first-order chi connectivity index (χ1) is 11.7. The first kappa shape index (κ1) is 17.7. The minimum absolute atomic E-state index is 0.0478. The van der Waals surface area contributed by atoms with Crippen LogP contribution in [0.3, 0.4) is 0 Å². The first-order valence-electron chi connectivity index (χ1n) is 7.17. The quantitative estimate of drug-likeness (QED) is 0.860. The number of sulfonamides is 1. The molecule has 2 aromatic rings. The van der Waals surface area contributed by atoms with Crippen molar-refractivity contribution in [2.24, 2.45) is 0 Å². The standard InChI is InChI=1S/C16H12Cl2N2O4S/c1-9(15(21)19-13-7-6-10(17)8-12(13)18)20-16(22)11-4-2-3-5-14(11)25(20,23)24/h2-9H,1H3,(H,19,21)/t9-/m1/s1. The second-order valence-corrected chi connectivity index (χ2v) is 8.02.